The Morgan fingerprint density at radius 1 is 1.23 bits per heavy atom. The minimum Gasteiger partial charge on any atom is -0.456 e. The lowest BCUT2D eigenvalue weighted by Crippen LogP contribution is -2.10. The molecule has 1 amide bonds. The number of furan rings is 1. The van der Waals surface area contributed by atoms with Gasteiger partial charge in [0.1, 0.15) is 12.1 Å². The highest BCUT2D eigenvalue weighted by atomic mass is 16.3. The lowest BCUT2D eigenvalue weighted by molar-refractivity contribution is 0.0995. The van der Waals surface area contributed by atoms with Crippen molar-refractivity contribution in [3.63, 3.8) is 0 Å². The van der Waals surface area contributed by atoms with E-state index in [-0.39, 0.29) is 5.91 Å². The van der Waals surface area contributed by atoms with E-state index in [1.165, 1.54) is 0 Å². The van der Waals surface area contributed by atoms with E-state index < -0.39 is 0 Å². The molecule has 0 saturated heterocycles. The van der Waals surface area contributed by atoms with Gasteiger partial charge in [-0.3, -0.25) is 9.48 Å². The summed E-state index contributed by atoms with van der Waals surface area (Å²) in [5, 5.41) is 7.04. The van der Waals surface area contributed by atoms with Crippen molar-refractivity contribution in [1.29, 1.82) is 0 Å². The average Bonchev–Trinajstić information content (AvgIpc) is 3.17. The van der Waals surface area contributed by atoms with Crippen LogP contribution in [0.5, 0.6) is 0 Å². The lowest BCUT2D eigenvalue weighted by Gasteiger charge is -2.04. The lowest BCUT2D eigenvalue weighted by atomic mass is 10.2. The third kappa shape index (κ3) is 2.90. The van der Waals surface area contributed by atoms with Crippen molar-refractivity contribution < 1.29 is 9.21 Å². The van der Waals surface area contributed by atoms with Crippen LogP contribution < -0.4 is 5.32 Å². The standard InChI is InChI=1S/C16H16N4O2/c1-3-13-8-9-14(22-13)16(21)18-12-6-4-11(5-7-12)15-17-10-20(2)19-15/h4-10H,3H2,1-2H3,(H,18,21). The van der Waals surface area contributed by atoms with E-state index in [0.717, 1.165) is 17.7 Å². The van der Waals surface area contributed by atoms with Gasteiger partial charge in [-0.25, -0.2) is 4.98 Å². The molecular formula is C16H16N4O2. The van der Waals surface area contributed by atoms with Crippen LogP contribution >= 0.6 is 0 Å². The van der Waals surface area contributed by atoms with Gasteiger partial charge in [-0.2, -0.15) is 5.10 Å². The van der Waals surface area contributed by atoms with E-state index in [1.807, 2.05) is 44.3 Å². The number of carbonyl (C=O) groups excluding carboxylic acids is 1. The van der Waals surface area contributed by atoms with Gasteiger partial charge >= 0.3 is 0 Å². The van der Waals surface area contributed by atoms with Gasteiger partial charge in [-0.1, -0.05) is 6.92 Å². The maximum atomic E-state index is 12.1. The quantitative estimate of drug-likeness (QED) is 0.803. The van der Waals surface area contributed by atoms with Crippen LogP contribution in [-0.2, 0) is 13.5 Å². The zero-order valence-corrected chi connectivity index (χ0v) is 12.4. The summed E-state index contributed by atoms with van der Waals surface area (Å²) >= 11 is 0. The van der Waals surface area contributed by atoms with Gasteiger partial charge in [0.15, 0.2) is 11.6 Å². The molecule has 0 bridgehead atoms. The maximum Gasteiger partial charge on any atom is 0.291 e. The maximum absolute atomic E-state index is 12.1. The SMILES string of the molecule is CCc1ccc(C(=O)Nc2ccc(-c3ncn(C)n3)cc2)o1. The monoisotopic (exact) mass is 296 g/mol. The predicted octanol–water partition coefficient (Wildman–Crippen LogP) is 2.89. The Kier molecular flexibility index (Phi) is 3.74. The molecule has 0 aliphatic rings. The highest BCUT2D eigenvalue weighted by Crippen LogP contribution is 2.18. The number of aryl methyl sites for hydroxylation is 2. The number of carbonyl (C=O) groups is 1. The summed E-state index contributed by atoms with van der Waals surface area (Å²) in [6, 6.07) is 10.8. The van der Waals surface area contributed by atoms with Crippen LogP contribution in [0.2, 0.25) is 0 Å². The van der Waals surface area contributed by atoms with Gasteiger partial charge in [-0.15, -0.1) is 0 Å². The van der Waals surface area contributed by atoms with Gasteiger partial charge in [0, 0.05) is 24.7 Å². The van der Waals surface area contributed by atoms with Crippen LogP contribution in [0.15, 0.2) is 47.1 Å². The number of nitrogens with one attached hydrogen (secondary N) is 1. The third-order valence-electron chi connectivity index (χ3n) is 3.23. The minimum absolute atomic E-state index is 0.261. The molecule has 112 valence electrons. The molecule has 0 radical (unpaired) electrons. The first-order chi connectivity index (χ1) is 10.7. The Bertz CT molecular complexity index is 787. The van der Waals surface area contributed by atoms with E-state index in [0.29, 0.717) is 17.3 Å². The number of aromatic nitrogens is 3. The van der Waals surface area contributed by atoms with Gasteiger partial charge < -0.3 is 9.73 Å². The molecule has 1 N–H and O–H groups in total. The summed E-state index contributed by atoms with van der Waals surface area (Å²) in [6.07, 6.45) is 2.41. The molecule has 0 atom stereocenters. The molecule has 0 aliphatic carbocycles. The molecule has 0 saturated carbocycles. The van der Waals surface area contributed by atoms with Gasteiger partial charge in [0.05, 0.1) is 0 Å². The Morgan fingerprint density at radius 3 is 2.59 bits per heavy atom. The van der Waals surface area contributed by atoms with E-state index in [2.05, 4.69) is 15.4 Å². The molecule has 1 aromatic carbocycles. The highest BCUT2D eigenvalue weighted by molar-refractivity contribution is 6.02. The number of amides is 1. The van der Waals surface area contributed by atoms with Crippen molar-refractivity contribution in [3.8, 4) is 11.4 Å². The fourth-order valence-electron chi connectivity index (χ4n) is 2.06. The Morgan fingerprint density at radius 2 is 2.00 bits per heavy atom. The summed E-state index contributed by atoms with van der Waals surface area (Å²) in [5.41, 5.74) is 1.59. The van der Waals surface area contributed by atoms with Gasteiger partial charge in [0.2, 0.25) is 0 Å². The van der Waals surface area contributed by atoms with E-state index in [4.69, 9.17) is 4.42 Å². The molecule has 22 heavy (non-hydrogen) atoms. The number of benzene rings is 1. The van der Waals surface area contributed by atoms with Gasteiger partial charge in [-0.05, 0) is 36.4 Å². The van der Waals surface area contributed by atoms with Crippen molar-refractivity contribution in [1.82, 2.24) is 14.8 Å². The molecule has 6 heteroatoms. The van der Waals surface area contributed by atoms with Crippen LogP contribution in [0.4, 0.5) is 5.69 Å². The van der Waals surface area contributed by atoms with Crippen LogP contribution in [-0.4, -0.2) is 20.7 Å². The van der Waals surface area contributed by atoms with Crippen LogP contribution in [0, 0.1) is 0 Å². The van der Waals surface area contributed by atoms with Crippen molar-refractivity contribution in [3.05, 3.63) is 54.2 Å². The zero-order chi connectivity index (χ0) is 15.5. The fourth-order valence-corrected chi connectivity index (χ4v) is 2.06. The zero-order valence-electron chi connectivity index (χ0n) is 12.4. The molecule has 0 spiro atoms. The highest BCUT2D eigenvalue weighted by Gasteiger charge is 2.11. The molecule has 6 nitrogen and oxygen atoms in total. The third-order valence-corrected chi connectivity index (χ3v) is 3.23. The van der Waals surface area contributed by atoms with E-state index in [1.54, 1.807) is 17.1 Å². The summed E-state index contributed by atoms with van der Waals surface area (Å²) in [4.78, 5) is 16.3. The molecule has 0 fully saturated rings. The second-order valence-electron chi connectivity index (χ2n) is 4.89. The number of hydrogen-bond acceptors (Lipinski definition) is 4. The molecule has 0 aliphatic heterocycles. The first-order valence-corrected chi connectivity index (χ1v) is 7.02. The fraction of sp³-hybridized carbons (Fsp3) is 0.188. The topological polar surface area (TPSA) is 73.0 Å². The first kappa shape index (κ1) is 14.1. The molecule has 2 heterocycles. The number of anilines is 1. The molecule has 3 aromatic rings. The Balaban J connectivity index is 1.72. The van der Waals surface area contributed by atoms with Gasteiger partial charge in [0.25, 0.3) is 5.91 Å². The minimum atomic E-state index is -0.261. The van der Waals surface area contributed by atoms with Crippen LogP contribution in [0.3, 0.4) is 0 Å². The summed E-state index contributed by atoms with van der Waals surface area (Å²) in [5.74, 6) is 1.50. The van der Waals surface area contributed by atoms with Crippen LogP contribution in [0.1, 0.15) is 23.2 Å². The van der Waals surface area contributed by atoms with Crippen molar-refractivity contribution in [2.24, 2.45) is 7.05 Å². The van der Waals surface area contributed by atoms with Crippen molar-refractivity contribution in [2.45, 2.75) is 13.3 Å². The normalized spacial score (nSPS) is 10.6. The summed E-state index contributed by atoms with van der Waals surface area (Å²) in [6.45, 7) is 1.98. The molecule has 0 unspecified atom stereocenters. The van der Waals surface area contributed by atoms with E-state index in [9.17, 15) is 4.79 Å². The first-order valence-electron chi connectivity index (χ1n) is 7.02. The number of nitrogens with zero attached hydrogens (tertiary/aromatic N) is 3. The summed E-state index contributed by atoms with van der Waals surface area (Å²) in [7, 11) is 1.82. The molecular weight excluding hydrogens is 280 g/mol. The largest absolute Gasteiger partial charge is 0.456 e. The Labute approximate surface area is 127 Å². The molecule has 3 rings (SSSR count). The van der Waals surface area contributed by atoms with E-state index >= 15 is 0 Å². The van der Waals surface area contributed by atoms with Crippen LogP contribution in [0.25, 0.3) is 11.4 Å². The predicted molar refractivity (Wildman–Crippen MR) is 82.5 cm³/mol. The van der Waals surface area contributed by atoms with Crippen molar-refractivity contribution in [2.75, 3.05) is 5.32 Å². The average molecular weight is 296 g/mol. The smallest absolute Gasteiger partial charge is 0.291 e. The summed E-state index contributed by atoms with van der Waals surface area (Å²) < 4.78 is 7.07. The number of rotatable bonds is 4. The van der Waals surface area contributed by atoms with Crippen molar-refractivity contribution >= 4 is 11.6 Å². The second-order valence-corrected chi connectivity index (χ2v) is 4.89. The number of hydrogen-bond donors (Lipinski definition) is 1. The second kappa shape index (κ2) is 5.85. The molecule has 2 aromatic heterocycles. The Hall–Kier alpha value is -2.89.